The standard InChI is InChI=1S/C18H19F3N2O2/c19-18(20,21)17(24)7-12-2-1-3-13(6-12)14-8-16(10-22-9-14)25-11-15-4-5-23-15/h1-3,6,8-10,15,17,23-24H,4-5,7,11H2/t15-,17+/m0/s1. The summed E-state index contributed by atoms with van der Waals surface area (Å²) >= 11 is 0. The zero-order chi connectivity index (χ0) is 17.9. The van der Waals surface area contributed by atoms with Gasteiger partial charge in [0.05, 0.1) is 6.20 Å². The molecule has 1 aliphatic rings. The van der Waals surface area contributed by atoms with E-state index in [1.165, 1.54) is 0 Å². The minimum Gasteiger partial charge on any atom is -0.490 e. The zero-order valence-electron chi connectivity index (χ0n) is 13.5. The summed E-state index contributed by atoms with van der Waals surface area (Å²) in [6.45, 7) is 1.56. The molecule has 0 bridgehead atoms. The van der Waals surface area contributed by atoms with Gasteiger partial charge in [0.15, 0.2) is 6.10 Å². The molecule has 2 N–H and O–H groups in total. The predicted molar refractivity (Wildman–Crippen MR) is 87.3 cm³/mol. The molecule has 0 aliphatic carbocycles. The van der Waals surface area contributed by atoms with Crippen LogP contribution in [0.3, 0.4) is 0 Å². The minimum absolute atomic E-state index is 0.357. The van der Waals surface area contributed by atoms with Crippen LogP contribution < -0.4 is 10.1 Å². The van der Waals surface area contributed by atoms with Crippen molar-refractivity contribution in [1.29, 1.82) is 0 Å². The number of nitrogens with zero attached hydrogens (tertiary/aromatic N) is 1. The summed E-state index contributed by atoms with van der Waals surface area (Å²) in [6.07, 6.45) is -3.15. The molecule has 3 rings (SSSR count). The Labute approximate surface area is 143 Å². The van der Waals surface area contributed by atoms with Crippen molar-refractivity contribution in [3.63, 3.8) is 0 Å². The van der Waals surface area contributed by atoms with Crippen LogP contribution in [0.1, 0.15) is 12.0 Å². The topological polar surface area (TPSA) is 54.4 Å². The second-order valence-electron chi connectivity index (χ2n) is 6.12. The smallest absolute Gasteiger partial charge is 0.414 e. The second kappa shape index (κ2) is 7.41. The van der Waals surface area contributed by atoms with E-state index in [0.29, 0.717) is 24.0 Å². The van der Waals surface area contributed by atoms with Crippen LogP contribution >= 0.6 is 0 Å². The first-order valence-corrected chi connectivity index (χ1v) is 8.07. The SMILES string of the molecule is O[C@H](Cc1cccc(-c2cncc(OC[C@@H]3CCN3)c2)c1)C(F)(F)F. The van der Waals surface area contributed by atoms with Crippen LogP contribution in [-0.4, -0.2) is 41.6 Å². The average molecular weight is 352 g/mol. The van der Waals surface area contributed by atoms with Gasteiger partial charge < -0.3 is 15.2 Å². The number of ether oxygens (including phenoxy) is 1. The third-order valence-corrected chi connectivity index (χ3v) is 4.16. The van der Waals surface area contributed by atoms with Crippen molar-refractivity contribution in [2.45, 2.75) is 31.2 Å². The molecule has 1 aliphatic heterocycles. The van der Waals surface area contributed by atoms with Gasteiger partial charge in [-0.1, -0.05) is 24.3 Å². The Bertz CT molecular complexity index is 717. The Balaban J connectivity index is 1.71. The molecule has 1 saturated heterocycles. The molecule has 1 aromatic heterocycles. The minimum atomic E-state index is -4.62. The van der Waals surface area contributed by atoms with Crippen LogP contribution in [0.2, 0.25) is 0 Å². The molecule has 0 spiro atoms. The van der Waals surface area contributed by atoms with E-state index >= 15 is 0 Å². The number of hydrogen-bond donors (Lipinski definition) is 2. The molecule has 7 heteroatoms. The first-order chi connectivity index (χ1) is 11.9. The number of halogens is 3. The van der Waals surface area contributed by atoms with Crippen molar-refractivity contribution in [1.82, 2.24) is 10.3 Å². The van der Waals surface area contributed by atoms with Gasteiger partial charge in [-0.05, 0) is 30.2 Å². The summed E-state index contributed by atoms with van der Waals surface area (Å²) in [6, 6.07) is 8.82. The number of aliphatic hydroxyl groups excluding tert-OH is 1. The molecule has 25 heavy (non-hydrogen) atoms. The third-order valence-electron chi connectivity index (χ3n) is 4.16. The monoisotopic (exact) mass is 352 g/mol. The van der Waals surface area contributed by atoms with E-state index in [0.717, 1.165) is 24.1 Å². The van der Waals surface area contributed by atoms with Crippen LogP contribution in [0.5, 0.6) is 5.75 Å². The average Bonchev–Trinajstić information content (AvgIpc) is 2.53. The maximum Gasteiger partial charge on any atom is 0.414 e. The van der Waals surface area contributed by atoms with Gasteiger partial charge >= 0.3 is 6.18 Å². The normalized spacial score (nSPS) is 18.5. The fourth-order valence-corrected chi connectivity index (χ4v) is 2.56. The molecule has 0 unspecified atom stereocenters. The first-order valence-electron chi connectivity index (χ1n) is 8.07. The molecule has 0 amide bonds. The van der Waals surface area contributed by atoms with E-state index in [-0.39, 0.29) is 0 Å². The van der Waals surface area contributed by atoms with Gasteiger partial charge in [-0.25, -0.2) is 0 Å². The Morgan fingerprint density at radius 3 is 2.72 bits per heavy atom. The number of aliphatic hydroxyl groups is 1. The number of aromatic nitrogens is 1. The number of hydrogen-bond acceptors (Lipinski definition) is 4. The van der Waals surface area contributed by atoms with Gasteiger partial charge in [0, 0.05) is 24.2 Å². The number of pyridine rings is 1. The van der Waals surface area contributed by atoms with Crippen molar-refractivity contribution in [2.75, 3.05) is 13.2 Å². The summed E-state index contributed by atoms with van der Waals surface area (Å²) in [7, 11) is 0. The maximum atomic E-state index is 12.5. The fraction of sp³-hybridized carbons (Fsp3) is 0.389. The molecular formula is C18H19F3N2O2. The van der Waals surface area contributed by atoms with E-state index in [4.69, 9.17) is 4.74 Å². The molecule has 2 atom stereocenters. The van der Waals surface area contributed by atoms with E-state index < -0.39 is 18.7 Å². The lowest BCUT2D eigenvalue weighted by Gasteiger charge is -2.27. The molecule has 2 aromatic rings. The van der Waals surface area contributed by atoms with Crippen LogP contribution in [0.4, 0.5) is 13.2 Å². The highest BCUT2D eigenvalue weighted by Gasteiger charge is 2.37. The fourth-order valence-electron chi connectivity index (χ4n) is 2.56. The molecule has 4 nitrogen and oxygen atoms in total. The highest BCUT2D eigenvalue weighted by Crippen LogP contribution is 2.27. The van der Waals surface area contributed by atoms with Crippen LogP contribution in [0.25, 0.3) is 11.1 Å². The molecule has 0 radical (unpaired) electrons. The Kier molecular flexibility index (Phi) is 5.24. The van der Waals surface area contributed by atoms with Crippen molar-refractivity contribution >= 4 is 0 Å². The highest BCUT2D eigenvalue weighted by molar-refractivity contribution is 5.64. The van der Waals surface area contributed by atoms with Crippen molar-refractivity contribution in [3.8, 4) is 16.9 Å². The number of benzene rings is 1. The Hall–Kier alpha value is -2.12. The Morgan fingerprint density at radius 1 is 1.24 bits per heavy atom. The summed E-state index contributed by atoms with van der Waals surface area (Å²) in [4.78, 5) is 4.14. The summed E-state index contributed by atoms with van der Waals surface area (Å²) in [5.41, 5.74) is 1.89. The molecule has 1 fully saturated rings. The van der Waals surface area contributed by atoms with Gasteiger partial charge in [-0.3, -0.25) is 4.98 Å². The second-order valence-corrected chi connectivity index (χ2v) is 6.12. The molecule has 2 heterocycles. The highest BCUT2D eigenvalue weighted by atomic mass is 19.4. The van der Waals surface area contributed by atoms with Gasteiger partial charge in [0.2, 0.25) is 0 Å². The number of nitrogens with one attached hydrogen (secondary N) is 1. The third kappa shape index (κ3) is 4.70. The Morgan fingerprint density at radius 2 is 2.04 bits per heavy atom. The lowest BCUT2D eigenvalue weighted by molar-refractivity contribution is -0.203. The van der Waals surface area contributed by atoms with Crippen LogP contribution in [0, 0.1) is 0 Å². The summed E-state index contributed by atoms with van der Waals surface area (Å²) in [5, 5.41) is 12.5. The van der Waals surface area contributed by atoms with Crippen LogP contribution in [0.15, 0.2) is 42.7 Å². The maximum absolute atomic E-state index is 12.5. The summed E-state index contributed by atoms with van der Waals surface area (Å²) in [5.74, 6) is 0.618. The van der Waals surface area contributed by atoms with Crippen molar-refractivity contribution in [3.05, 3.63) is 48.3 Å². The lowest BCUT2D eigenvalue weighted by Crippen LogP contribution is -2.46. The number of rotatable bonds is 6. The lowest BCUT2D eigenvalue weighted by atomic mass is 10.0. The van der Waals surface area contributed by atoms with Crippen molar-refractivity contribution in [2.24, 2.45) is 0 Å². The van der Waals surface area contributed by atoms with Crippen LogP contribution in [-0.2, 0) is 6.42 Å². The van der Waals surface area contributed by atoms with Gasteiger partial charge in [0.25, 0.3) is 0 Å². The summed E-state index contributed by atoms with van der Waals surface area (Å²) < 4.78 is 43.2. The predicted octanol–water partition coefficient (Wildman–Crippen LogP) is 2.96. The molecule has 134 valence electrons. The zero-order valence-corrected chi connectivity index (χ0v) is 13.5. The van der Waals surface area contributed by atoms with E-state index in [9.17, 15) is 18.3 Å². The van der Waals surface area contributed by atoms with Gasteiger partial charge in [-0.15, -0.1) is 0 Å². The van der Waals surface area contributed by atoms with Gasteiger partial charge in [0.1, 0.15) is 12.4 Å². The quantitative estimate of drug-likeness (QED) is 0.839. The molecule has 0 saturated carbocycles. The first kappa shape index (κ1) is 17.7. The van der Waals surface area contributed by atoms with E-state index in [1.54, 1.807) is 36.7 Å². The van der Waals surface area contributed by atoms with Crippen molar-refractivity contribution < 1.29 is 23.0 Å². The van der Waals surface area contributed by atoms with Gasteiger partial charge in [-0.2, -0.15) is 13.2 Å². The molecular weight excluding hydrogens is 333 g/mol. The number of alkyl halides is 3. The van der Waals surface area contributed by atoms with E-state index in [1.807, 2.05) is 6.07 Å². The molecule has 1 aromatic carbocycles. The largest absolute Gasteiger partial charge is 0.490 e. The van der Waals surface area contributed by atoms with E-state index in [2.05, 4.69) is 10.3 Å².